The van der Waals surface area contributed by atoms with Crippen LogP contribution in [0, 0.1) is 0 Å². The molecule has 58 valence electrons. The molecule has 0 N–H and O–H groups in total. The van der Waals surface area contributed by atoms with E-state index >= 15 is 0 Å². The fraction of sp³-hybridized carbons (Fsp3) is 1.00. The Morgan fingerprint density at radius 1 is 0.900 bits per heavy atom. The van der Waals surface area contributed by atoms with Crippen LogP contribution in [-0.2, 0) is 9.47 Å². The Morgan fingerprint density at radius 2 is 1.30 bits per heavy atom. The average molecular weight is 183 g/mol. The molecule has 0 saturated carbocycles. The lowest BCUT2D eigenvalue weighted by Crippen LogP contribution is -2.13. The Balaban J connectivity index is 2.00. The van der Waals surface area contributed by atoms with Crippen molar-refractivity contribution in [3.63, 3.8) is 0 Å². The Labute approximate surface area is 69.4 Å². The summed E-state index contributed by atoms with van der Waals surface area (Å²) in [5.74, 6) is 0. The second kappa shape index (κ2) is 2.52. The van der Waals surface area contributed by atoms with Gasteiger partial charge in [0.25, 0.3) is 0 Å². The molecular weight excluding hydrogens is 175 g/mol. The van der Waals surface area contributed by atoms with Gasteiger partial charge in [0.05, 0.1) is 12.2 Å². The first kappa shape index (κ1) is 7.17. The predicted octanol–water partition coefficient (Wildman–Crippen LogP) is 1.69. The minimum Gasteiger partial charge on any atom is -0.356 e. The topological polar surface area (TPSA) is 18.5 Å². The lowest BCUT2D eigenvalue weighted by atomic mass is 10.2. The molecule has 0 amide bonds. The van der Waals surface area contributed by atoms with Gasteiger partial charge < -0.3 is 9.47 Å². The SMILES string of the molecule is Cl[C@@H]1C[C@@H]2O[C@@H](Cl)C[C@@H]2O1. The maximum absolute atomic E-state index is 5.72. The van der Waals surface area contributed by atoms with Gasteiger partial charge in [0.2, 0.25) is 0 Å². The molecule has 0 unspecified atom stereocenters. The van der Waals surface area contributed by atoms with Crippen molar-refractivity contribution < 1.29 is 9.47 Å². The van der Waals surface area contributed by atoms with Crippen LogP contribution in [-0.4, -0.2) is 23.3 Å². The molecule has 2 nitrogen and oxygen atoms in total. The molecule has 4 atom stereocenters. The van der Waals surface area contributed by atoms with E-state index in [0.717, 1.165) is 12.8 Å². The largest absolute Gasteiger partial charge is 0.356 e. The van der Waals surface area contributed by atoms with E-state index in [2.05, 4.69) is 0 Å². The fourth-order valence-electron chi connectivity index (χ4n) is 1.45. The van der Waals surface area contributed by atoms with Crippen molar-refractivity contribution in [2.24, 2.45) is 0 Å². The molecule has 0 radical (unpaired) electrons. The minimum atomic E-state index is -0.167. The van der Waals surface area contributed by atoms with Crippen LogP contribution in [0.1, 0.15) is 12.8 Å². The highest BCUT2D eigenvalue weighted by molar-refractivity contribution is 6.20. The maximum Gasteiger partial charge on any atom is 0.134 e. The number of hydrogen-bond acceptors (Lipinski definition) is 2. The van der Waals surface area contributed by atoms with E-state index in [0.29, 0.717) is 0 Å². The van der Waals surface area contributed by atoms with Crippen LogP contribution in [0.4, 0.5) is 0 Å². The third-order valence-corrected chi connectivity index (χ3v) is 2.46. The van der Waals surface area contributed by atoms with E-state index in [1.807, 2.05) is 0 Å². The number of rotatable bonds is 0. The highest BCUT2D eigenvalue weighted by atomic mass is 35.5. The van der Waals surface area contributed by atoms with Gasteiger partial charge in [-0.2, -0.15) is 0 Å². The van der Waals surface area contributed by atoms with Crippen molar-refractivity contribution in [3.8, 4) is 0 Å². The summed E-state index contributed by atoms with van der Waals surface area (Å²) in [6.45, 7) is 0. The third-order valence-electron chi connectivity index (χ3n) is 1.89. The molecule has 0 aliphatic carbocycles. The summed E-state index contributed by atoms with van der Waals surface area (Å²) in [6, 6.07) is 0. The zero-order chi connectivity index (χ0) is 7.14. The molecule has 0 bridgehead atoms. The Hall–Kier alpha value is 0.500. The number of ether oxygens (including phenoxy) is 2. The summed E-state index contributed by atoms with van der Waals surface area (Å²) in [7, 11) is 0. The highest BCUT2D eigenvalue weighted by Gasteiger charge is 2.42. The quantitative estimate of drug-likeness (QED) is 0.532. The van der Waals surface area contributed by atoms with Crippen molar-refractivity contribution in [2.45, 2.75) is 36.2 Å². The fourth-order valence-corrected chi connectivity index (χ4v) is 2.06. The van der Waals surface area contributed by atoms with E-state index in [1.54, 1.807) is 0 Å². The zero-order valence-electron chi connectivity index (χ0n) is 5.30. The van der Waals surface area contributed by atoms with E-state index in [4.69, 9.17) is 32.7 Å². The van der Waals surface area contributed by atoms with Gasteiger partial charge in [-0.3, -0.25) is 0 Å². The van der Waals surface area contributed by atoms with Crippen LogP contribution in [0.25, 0.3) is 0 Å². The van der Waals surface area contributed by atoms with Crippen LogP contribution in [0.15, 0.2) is 0 Å². The lowest BCUT2D eigenvalue weighted by molar-refractivity contribution is 0.0601. The summed E-state index contributed by atoms with van der Waals surface area (Å²) in [5, 5.41) is 0. The molecule has 0 aromatic carbocycles. The standard InChI is InChI=1S/C6H8Cl2O2/c7-5-1-3-4(10-5)2-6(8)9-3/h3-6H,1-2H2/t3-,4-,5-,6+/m0/s1. The smallest absolute Gasteiger partial charge is 0.134 e. The van der Waals surface area contributed by atoms with Gasteiger partial charge in [0, 0.05) is 12.8 Å². The van der Waals surface area contributed by atoms with Gasteiger partial charge in [-0.15, -0.1) is 0 Å². The summed E-state index contributed by atoms with van der Waals surface area (Å²) in [4.78, 5) is 0. The summed E-state index contributed by atoms with van der Waals surface area (Å²) in [6.07, 6.45) is 1.83. The Kier molecular flexibility index (Phi) is 1.81. The van der Waals surface area contributed by atoms with E-state index < -0.39 is 0 Å². The summed E-state index contributed by atoms with van der Waals surface area (Å²) >= 11 is 11.4. The van der Waals surface area contributed by atoms with Crippen molar-refractivity contribution >= 4 is 23.2 Å². The van der Waals surface area contributed by atoms with Gasteiger partial charge in [0.1, 0.15) is 11.1 Å². The first-order chi connectivity index (χ1) is 4.75. The van der Waals surface area contributed by atoms with E-state index in [1.165, 1.54) is 0 Å². The van der Waals surface area contributed by atoms with Gasteiger partial charge in [-0.05, 0) is 0 Å². The third kappa shape index (κ3) is 1.14. The van der Waals surface area contributed by atoms with Crippen molar-refractivity contribution in [3.05, 3.63) is 0 Å². The molecule has 10 heavy (non-hydrogen) atoms. The van der Waals surface area contributed by atoms with E-state index in [9.17, 15) is 0 Å². The lowest BCUT2D eigenvalue weighted by Gasteiger charge is -2.03. The van der Waals surface area contributed by atoms with E-state index in [-0.39, 0.29) is 23.3 Å². The summed E-state index contributed by atoms with van der Waals surface area (Å²) < 4.78 is 10.6. The molecular formula is C6H8Cl2O2. The monoisotopic (exact) mass is 182 g/mol. The van der Waals surface area contributed by atoms with Crippen molar-refractivity contribution in [2.75, 3.05) is 0 Å². The first-order valence-electron chi connectivity index (χ1n) is 3.35. The number of halogens is 2. The van der Waals surface area contributed by atoms with Crippen molar-refractivity contribution in [1.82, 2.24) is 0 Å². The number of fused-ring (bicyclic) bond motifs is 1. The van der Waals surface area contributed by atoms with Crippen LogP contribution in [0.5, 0.6) is 0 Å². The normalized spacial score (nSPS) is 53.4. The molecule has 2 aliphatic rings. The van der Waals surface area contributed by atoms with Gasteiger partial charge in [-0.25, -0.2) is 0 Å². The Bertz CT molecular complexity index is 114. The number of hydrogen-bond donors (Lipinski definition) is 0. The molecule has 2 rings (SSSR count). The van der Waals surface area contributed by atoms with Crippen LogP contribution in [0.2, 0.25) is 0 Å². The zero-order valence-corrected chi connectivity index (χ0v) is 6.81. The predicted molar refractivity (Wildman–Crippen MR) is 38.3 cm³/mol. The van der Waals surface area contributed by atoms with Gasteiger partial charge in [0.15, 0.2) is 0 Å². The molecule has 2 saturated heterocycles. The van der Waals surface area contributed by atoms with Gasteiger partial charge >= 0.3 is 0 Å². The second-order valence-corrected chi connectivity index (χ2v) is 3.61. The molecule has 2 heterocycles. The van der Waals surface area contributed by atoms with Gasteiger partial charge in [-0.1, -0.05) is 23.2 Å². The van der Waals surface area contributed by atoms with Crippen LogP contribution < -0.4 is 0 Å². The van der Waals surface area contributed by atoms with Crippen molar-refractivity contribution in [1.29, 1.82) is 0 Å². The maximum atomic E-state index is 5.72. The van der Waals surface area contributed by atoms with Crippen LogP contribution >= 0.6 is 23.2 Å². The molecule has 0 aromatic rings. The molecule has 2 fully saturated rings. The highest BCUT2D eigenvalue weighted by Crippen LogP contribution is 2.36. The first-order valence-corrected chi connectivity index (χ1v) is 4.22. The molecule has 0 spiro atoms. The average Bonchev–Trinajstić information content (AvgIpc) is 2.21. The molecule has 0 aromatic heterocycles. The Morgan fingerprint density at radius 3 is 1.70 bits per heavy atom. The second-order valence-electron chi connectivity index (χ2n) is 2.64. The summed E-state index contributed by atoms with van der Waals surface area (Å²) in [5.41, 5.74) is -0.335. The molecule has 2 aliphatic heterocycles. The minimum absolute atomic E-state index is 0.144. The molecule has 4 heteroatoms. The number of alkyl halides is 2. The van der Waals surface area contributed by atoms with Crippen LogP contribution in [0.3, 0.4) is 0 Å².